The normalized spacial score (nSPS) is 19.5. The van der Waals surface area contributed by atoms with Crippen molar-refractivity contribution < 1.29 is 19.1 Å². The number of ether oxygens (including phenoxy) is 2. The van der Waals surface area contributed by atoms with Crippen molar-refractivity contribution in [3.05, 3.63) is 0 Å². The number of rotatable bonds is 4. The van der Waals surface area contributed by atoms with Crippen LogP contribution in [-0.2, 0) is 14.3 Å². The fourth-order valence-corrected chi connectivity index (χ4v) is 1.79. The molecule has 18 heavy (non-hydrogen) atoms. The molecule has 0 radical (unpaired) electrons. The Hall–Kier alpha value is -1.30. The molecule has 0 bridgehead atoms. The summed E-state index contributed by atoms with van der Waals surface area (Å²) in [6.07, 6.45) is 0.527. The third kappa shape index (κ3) is 4.18. The first kappa shape index (κ1) is 14.8. The van der Waals surface area contributed by atoms with Crippen LogP contribution in [0, 0.1) is 0 Å². The average Bonchev–Trinajstić information content (AvgIpc) is 2.39. The molecule has 1 unspecified atom stereocenters. The fourth-order valence-electron chi connectivity index (χ4n) is 1.79. The van der Waals surface area contributed by atoms with Gasteiger partial charge in [0, 0.05) is 20.1 Å². The monoisotopic (exact) mass is 258 g/mol. The maximum absolute atomic E-state index is 12.0. The van der Waals surface area contributed by atoms with Gasteiger partial charge in [-0.05, 0) is 13.3 Å². The van der Waals surface area contributed by atoms with E-state index in [1.807, 2.05) is 6.92 Å². The molecule has 1 aliphatic heterocycles. The summed E-state index contributed by atoms with van der Waals surface area (Å²) in [5, 5.41) is 0. The second kappa shape index (κ2) is 7.20. The van der Waals surface area contributed by atoms with E-state index in [4.69, 9.17) is 9.47 Å². The summed E-state index contributed by atoms with van der Waals surface area (Å²) in [5.74, 6) is -0.0627. The van der Waals surface area contributed by atoms with E-state index >= 15 is 0 Å². The van der Waals surface area contributed by atoms with Gasteiger partial charge in [0.05, 0.1) is 19.3 Å². The van der Waals surface area contributed by atoms with Gasteiger partial charge in [-0.3, -0.25) is 4.79 Å². The highest BCUT2D eigenvalue weighted by Gasteiger charge is 2.24. The average molecular weight is 258 g/mol. The zero-order valence-corrected chi connectivity index (χ0v) is 11.3. The van der Waals surface area contributed by atoms with Crippen molar-refractivity contribution in [3.8, 4) is 0 Å². The van der Waals surface area contributed by atoms with Crippen LogP contribution >= 0.6 is 0 Å². The van der Waals surface area contributed by atoms with Gasteiger partial charge >= 0.3 is 6.09 Å². The molecule has 1 rings (SSSR count). The topological polar surface area (TPSA) is 59.1 Å². The summed E-state index contributed by atoms with van der Waals surface area (Å²) < 4.78 is 10.3. The third-order valence-electron chi connectivity index (χ3n) is 2.90. The van der Waals surface area contributed by atoms with E-state index in [-0.39, 0.29) is 18.6 Å². The first-order valence-electron chi connectivity index (χ1n) is 6.35. The van der Waals surface area contributed by atoms with E-state index in [0.717, 1.165) is 6.42 Å². The maximum atomic E-state index is 12.0. The SMILES string of the molecule is CCOC(=O)N(C)CC(=O)N1CCOC(CC)C1. The molecule has 0 saturated carbocycles. The molecule has 0 aromatic rings. The van der Waals surface area contributed by atoms with Crippen LogP contribution in [0.5, 0.6) is 0 Å². The van der Waals surface area contributed by atoms with E-state index in [0.29, 0.717) is 26.3 Å². The van der Waals surface area contributed by atoms with E-state index < -0.39 is 6.09 Å². The minimum Gasteiger partial charge on any atom is -0.450 e. The van der Waals surface area contributed by atoms with Gasteiger partial charge in [-0.25, -0.2) is 4.79 Å². The van der Waals surface area contributed by atoms with Crippen molar-refractivity contribution in [2.75, 3.05) is 39.9 Å². The Bertz CT molecular complexity index is 296. The van der Waals surface area contributed by atoms with Crippen molar-refractivity contribution in [1.29, 1.82) is 0 Å². The molecule has 0 N–H and O–H groups in total. The Morgan fingerprint density at radius 2 is 2.17 bits per heavy atom. The van der Waals surface area contributed by atoms with Crippen molar-refractivity contribution >= 4 is 12.0 Å². The summed E-state index contributed by atoms with van der Waals surface area (Å²) in [4.78, 5) is 26.4. The second-order valence-corrected chi connectivity index (χ2v) is 4.30. The van der Waals surface area contributed by atoms with Gasteiger partial charge in [0.2, 0.25) is 5.91 Å². The predicted molar refractivity (Wildman–Crippen MR) is 66.3 cm³/mol. The van der Waals surface area contributed by atoms with Crippen LogP contribution in [0.2, 0.25) is 0 Å². The van der Waals surface area contributed by atoms with Crippen LogP contribution in [0.4, 0.5) is 4.79 Å². The molecule has 6 nitrogen and oxygen atoms in total. The predicted octanol–water partition coefficient (Wildman–Crippen LogP) is 0.712. The number of amides is 2. The van der Waals surface area contributed by atoms with Crippen LogP contribution in [0.3, 0.4) is 0 Å². The number of hydrogen-bond donors (Lipinski definition) is 0. The zero-order chi connectivity index (χ0) is 13.5. The molecule has 104 valence electrons. The number of hydrogen-bond acceptors (Lipinski definition) is 4. The van der Waals surface area contributed by atoms with Crippen LogP contribution in [0.15, 0.2) is 0 Å². The van der Waals surface area contributed by atoms with Gasteiger partial charge in [-0.1, -0.05) is 6.92 Å². The Morgan fingerprint density at radius 1 is 1.44 bits per heavy atom. The maximum Gasteiger partial charge on any atom is 0.409 e. The second-order valence-electron chi connectivity index (χ2n) is 4.30. The first-order valence-corrected chi connectivity index (χ1v) is 6.35. The molecule has 1 heterocycles. The number of morpholine rings is 1. The van der Waals surface area contributed by atoms with Crippen LogP contribution in [-0.4, -0.2) is 67.8 Å². The molecule has 1 atom stereocenters. The van der Waals surface area contributed by atoms with E-state index in [1.54, 1.807) is 18.9 Å². The van der Waals surface area contributed by atoms with Gasteiger partial charge in [0.25, 0.3) is 0 Å². The molecular weight excluding hydrogens is 236 g/mol. The lowest BCUT2D eigenvalue weighted by Crippen LogP contribution is -2.49. The molecule has 6 heteroatoms. The van der Waals surface area contributed by atoms with Gasteiger partial charge in [0.15, 0.2) is 0 Å². The molecular formula is C12H22N2O4. The van der Waals surface area contributed by atoms with Gasteiger partial charge in [-0.2, -0.15) is 0 Å². The number of nitrogens with zero attached hydrogens (tertiary/aromatic N) is 2. The third-order valence-corrected chi connectivity index (χ3v) is 2.90. The smallest absolute Gasteiger partial charge is 0.409 e. The van der Waals surface area contributed by atoms with Crippen molar-refractivity contribution in [1.82, 2.24) is 9.80 Å². The lowest BCUT2D eigenvalue weighted by Gasteiger charge is -2.33. The number of likely N-dealkylation sites (N-methyl/N-ethyl adjacent to an activating group) is 1. The Morgan fingerprint density at radius 3 is 2.78 bits per heavy atom. The molecule has 0 spiro atoms. The van der Waals surface area contributed by atoms with E-state index in [1.165, 1.54) is 4.90 Å². The summed E-state index contributed by atoms with van der Waals surface area (Å²) >= 11 is 0. The summed E-state index contributed by atoms with van der Waals surface area (Å²) in [6.45, 7) is 5.89. The van der Waals surface area contributed by atoms with Crippen LogP contribution < -0.4 is 0 Å². The summed E-state index contributed by atoms with van der Waals surface area (Å²) in [7, 11) is 1.56. The standard InChI is InChI=1S/C12H22N2O4/c1-4-10-8-14(6-7-18-10)11(15)9-13(3)12(16)17-5-2/h10H,4-9H2,1-3H3. The first-order chi connectivity index (χ1) is 8.58. The largest absolute Gasteiger partial charge is 0.450 e. The Kier molecular flexibility index (Phi) is 5.91. The van der Waals surface area contributed by atoms with Gasteiger partial charge in [0.1, 0.15) is 6.54 Å². The molecule has 0 aromatic carbocycles. The molecule has 0 aromatic heterocycles. The highest BCUT2D eigenvalue weighted by Crippen LogP contribution is 2.08. The van der Waals surface area contributed by atoms with Gasteiger partial charge in [-0.15, -0.1) is 0 Å². The number of carbonyl (C=O) groups is 2. The molecule has 2 amide bonds. The minimum absolute atomic E-state index is 0.0509. The van der Waals surface area contributed by atoms with Crippen molar-refractivity contribution in [3.63, 3.8) is 0 Å². The highest BCUT2D eigenvalue weighted by molar-refractivity contribution is 5.82. The van der Waals surface area contributed by atoms with E-state index in [2.05, 4.69) is 0 Å². The zero-order valence-electron chi connectivity index (χ0n) is 11.3. The van der Waals surface area contributed by atoms with Crippen LogP contribution in [0.25, 0.3) is 0 Å². The quantitative estimate of drug-likeness (QED) is 0.745. The van der Waals surface area contributed by atoms with E-state index in [9.17, 15) is 9.59 Å². The minimum atomic E-state index is -0.467. The molecule has 1 aliphatic rings. The lowest BCUT2D eigenvalue weighted by molar-refractivity contribution is -0.139. The fraction of sp³-hybridized carbons (Fsp3) is 0.833. The Labute approximate surface area is 108 Å². The number of carbonyl (C=O) groups excluding carboxylic acids is 2. The molecule has 1 fully saturated rings. The summed E-state index contributed by atoms with van der Waals surface area (Å²) in [5.41, 5.74) is 0. The molecule has 0 aliphatic carbocycles. The van der Waals surface area contributed by atoms with Crippen molar-refractivity contribution in [2.24, 2.45) is 0 Å². The molecule has 1 saturated heterocycles. The summed E-state index contributed by atoms with van der Waals surface area (Å²) in [6, 6.07) is 0. The Balaban J connectivity index is 2.42. The lowest BCUT2D eigenvalue weighted by atomic mass is 10.2. The highest BCUT2D eigenvalue weighted by atomic mass is 16.6. The van der Waals surface area contributed by atoms with Crippen molar-refractivity contribution in [2.45, 2.75) is 26.4 Å². The van der Waals surface area contributed by atoms with Gasteiger partial charge < -0.3 is 19.3 Å². The van der Waals surface area contributed by atoms with Crippen LogP contribution in [0.1, 0.15) is 20.3 Å².